The van der Waals surface area contributed by atoms with Crippen LogP contribution in [0.1, 0.15) is 24.5 Å². The van der Waals surface area contributed by atoms with Crippen LogP contribution in [0.25, 0.3) is 0 Å². The Bertz CT molecular complexity index is 785. The zero-order chi connectivity index (χ0) is 20.5. The summed E-state index contributed by atoms with van der Waals surface area (Å²) < 4.78 is 7.17. The molecule has 1 aromatic heterocycles. The first-order valence-electron chi connectivity index (χ1n) is 10.2. The number of aliphatic imine (C=N–C) groups is 1. The lowest BCUT2D eigenvalue weighted by molar-refractivity contribution is 0.195. The van der Waals surface area contributed by atoms with Gasteiger partial charge in [-0.15, -0.1) is 45.9 Å². The minimum atomic E-state index is 0. The molecule has 30 heavy (non-hydrogen) atoms. The predicted molar refractivity (Wildman–Crippen MR) is 134 cm³/mol. The first-order valence-corrected chi connectivity index (χ1v) is 11.2. The lowest BCUT2D eigenvalue weighted by Gasteiger charge is -2.22. The normalized spacial score (nSPS) is 16.6. The second-order valence-electron chi connectivity index (χ2n) is 7.36. The van der Waals surface area contributed by atoms with Gasteiger partial charge >= 0.3 is 0 Å². The number of nitrogens with one attached hydrogen (secondary N) is 1. The number of rotatable bonds is 9. The van der Waals surface area contributed by atoms with E-state index in [1.54, 1.807) is 7.11 Å². The van der Waals surface area contributed by atoms with E-state index in [-0.39, 0.29) is 24.0 Å². The molecular formula is C21H33IN6OS. The molecule has 0 amide bonds. The Morgan fingerprint density at radius 3 is 2.80 bits per heavy atom. The maximum absolute atomic E-state index is 5.17. The van der Waals surface area contributed by atoms with E-state index in [9.17, 15) is 0 Å². The van der Waals surface area contributed by atoms with Crippen LogP contribution in [0, 0.1) is 12.8 Å². The van der Waals surface area contributed by atoms with E-state index in [0.717, 1.165) is 56.0 Å². The number of methoxy groups -OCH3 is 1. The number of nitrogens with zero attached hydrogens (tertiary/aromatic N) is 5. The van der Waals surface area contributed by atoms with Crippen molar-refractivity contribution in [3.63, 3.8) is 0 Å². The molecule has 1 N–H and O–H groups in total. The van der Waals surface area contributed by atoms with Crippen LogP contribution >= 0.6 is 35.7 Å². The van der Waals surface area contributed by atoms with Crippen LogP contribution in [-0.2, 0) is 18.3 Å². The molecule has 0 aliphatic carbocycles. The summed E-state index contributed by atoms with van der Waals surface area (Å²) in [5, 5.41) is 11.9. The molecule has 0 bridgehead atoms. The number of guanidine groups is 1. The van der Waals surface area contributed by atoms with Gasteiger partial charge in [0.25, 0.3) is 0 Å². The summed E-state index contributed by atoms with van der Waals surface area (Å²) in [6, 6.07) is 10.6. The maximum atomic E-state index is 5.17. The number of ether oxygens (including phenoxy) is 1. The van der Waals surface area contributed by atoms with Crippen LogP contribution in [0.4, 0.5) is 0 Å². The van der Waals surface area contributed by atoms with Crippen molar-refractivity contribution in [3.05, 3.63) is 42.0 Å². The molecule has 1 aliphatic rings. The van der Waals surface area contributed by atoms with E-state index >= 15 is 0 Å². The number of likely N-dealkylation sites (tertiary alicyclic amines) is 1. The van der Waals surface area contributed by atoms with Crippen molar-refractivity contribution in [2.75, 3.05) is 39.1 Å². The van der Waals surface area contributed by atoms with E-state index in [2.05, 4.69) is 50.7 Å². The molecule has 1 saturated heterocycles. The summed E-state index contributed by atoms with van der Waals surface area (Å²) >= 11 is 1.95. The van der Waals surface area contributed by atoms with Crippen LogP contribution in [0.15, 0.2) is 40.2 Å². The molecule has 3 rings (SSSR count). The Morgan fingerprint density at radius 2 is 2.10 bits per heavy atom. The molecule has 1 aromatic carbocycles. The van der Waals surface area contributed by atoms with E-state index in [4.69, 9.17) is 9.73 Å². The fourth-order valence-corrected chi connectivity index (χ4v) is 4.36. The Balaban J connectivity index is 0.00000320. The van der Waals surface area contributed by atoms with E-state index in [0.29, 0.717) is 12.5 Å². The summed E-state index contributed by atoms with van der Waals surface area (Å²) in [6.07, 6.45) is 2.15. The molecular weight excluding hydrogens is 511 g/mol. The zero-order valence-corrected chi connectivity index (χ0v) is 21.2. The van der Waals surface area contributed by atoms with Gasteiger partial charge in [0.2, 0.25) is 0 Å². The van der Waals surface area contributed by atoms with Crippen LogP contribution in [0.3, 0.4) is 0 Å². The van der Waals surface area contributed by atoms with Gasteiger partial charge in [0.1, 0.15) is 12.4 Å². The van der Waals surface area contributed by atoms with Gasteiger partial charge in [-0.3, -0.25) is 0 Å². The summed E-state index contributed by atoms with van der Waals surface area (Å²) in [6.45, 7) is 6.16. The maximum Gasteiger partial charge on any atom is 0.194 e. The molecule has 0 spiro atoms. The van der Waals surface area contributed by atoms with Crippen molar-refractivity contribution >= 4 is 41.7 Å². The monoisotopic (exact) mass is 544 g/mol. The Hall–Kier alpha value is -1.33. The summed E-state index contributed by atoms with van der Waals surface area (Å²) in [5.41, 5.74) is 0. The van der Waals surface area contributed by atoms with Crippen molar-refractivity contribution in [1.82, 2.24) is 25.0 Å². The second kappa shape index (κ2) is 13.2. The van der Waals surface area contributed by atoms with Crippen molar-refractivity contribution in [2.45, 2.75) is 31.2 Å². The Morgan fingerprint density at radius 1 is 1.30 bits per heavy atom. The van der Waals surface area contributed by atoms with Crippen LogP contribution in [-0.4, -0.2) is 64.7 Å². The van der Waals surface area contributed by atoms with Gasteiger partial charge in [-0.2, -0.15) is 0 Å². The third kappa shape index (κ3) is 7.42. The third-order valence-corrected chi connectivity index (χ3v) is 6.42. The lowest BCUT2D eigenvalue weighted by Crippen LogP contribution is -2.41. The van der Waals surface area contributed by atoms with Crippen molar-refractivity contribution in [2.24, 2.45) is 18.0 Å². The highest BCUT2D eigenvalue weighted by molar-refractivity contribution is 14.0. The van der Waals surface area contributed by atoms with Gasteiger partial charge < -0.3 is 19.5 Å². The topological polar surface area (TPSA) is 67.6 Å². The first-order chi connectivity index (χ1) is 14.2. The van der Waals surface area contributed by atoms with Gasteiger partial charge in [-0.05, 0) is 37.8 Å². The highest BCUT2D eigenvalue weighted by Gasteiger charge is 2.25. The Kier molecular flexibility index (Phi) is 10.9. The number of aryl methyl sites for hydroxylation is 1. The van der Waals surface area contributed by atoms with Crippen LogP contribution < -0.4 is 5.32 Å². The van der Waals surface area contributed by atoms with Crippen molar-refractivity contribution in [1.29, 1.82) is 0 Å². The molecule has 9 heteroatoms. The molecule has 0 radical (unpaired) electrons. The summed E-state index contributed by atoms with van der Waals surface area (Å²) in [5.74, 6) is 4.57. The lowest BCUT2D eigenvalue weighted by atomic mass is 10.2. The van der Waals surface area contributed by atoms with Gasteiger partial charge in [0.05, 0.1) is 0 Å². The quantitative estimate of drug-likeness (QED) is 0.172. The van der Waals surface area contributed by atoms with E-state index < -0.39 is 0 Å². The second-order valence-corrected chi connectivity index (χ2v) is 8.45. The minimum Gasteiger partial charge on any atom is -0.385 e. The molecule has 1 aliphatic heterocycles. The fraction of sp³-hybridized carbons (Fsp3) is 0.571. The van der Waals surface area contributed by atoms with Crippen LogP contribution in [0.2, 0.25) is 0 Å². The zero-order valence-electron chi connectivity index (χ0n) is 18.1. The summed E-state index contributed by atoms with van der Waals surface area (Å²) in [7, 11) is 3.72. The van der Waals surface area contributed by atoms with Gasteiger partial charge in [0.15, 0.2) is 11.8 Å². The van der Waals surface area contributed by atoms with Crippen LogP contribution in [0.5, 0.6) is 0 Å². The number of hydrogen-bond acceptors (Lipinski definition) is 5. The highest BCUT2D eigenvalue weighted by Crippen LogP contribution is 2.26. The predicted octanol–water partition coefficient (Wildman–Crippen LogP) is 3.34. The SMILES string of the molecule is COCCCNC(=NCc1nnc(C)n1C)N1CCC(CSc2ccccc2)C1.I. The number of benzene rings is 1. The highest BCUT2D eigenvalue weighted by atomic mass is 127. The van der Waals surface area contributed by atoms with E-state index in [1.165, 1.54) is 11.3 Å². The van der Waals surface area contributed by atoms with Crippen molar-refractivity contribution in [3.8, 4) is 0 Å². The van der Waals surface area contributed by atoms with Crippen molar-refractivity contribution < 1.29 is 4.74 Å². The average molecular weight is 545 g/mol. The van der Waals surface area contributed by atoms with E-state index in [1.807, 2.05) is 30.3 Å². The van der Waals surface area contributed by atoms with Gasteiger partial charge in [-0.25, -0.2) is 4.99 Å². The number of aromatic nitrogens is 3. The standard InChI is InChI=1S/C21H32N6OS.HI/c1-17-24-25-20(26(17)2)14-23-21(22-11-7-13-28-3)27-12-10-18(15-27)16-29-19-8-5-4-6-9-19;/h4-6,8-9,18H,7,10-16H2,1-3H3,(H,22,23);1H. The molecule has 2 aromatic rings. The third-order valence-electron chi connectivity index (χ3n) is 5.18. The molecule has 1 fully saturated rings. The summed E-state index contributed by atoms with van der Waals surface area (Å²) in [4.78, 5) is 8.58. The molecule has 7 nitrogen and oxygen atoms in total. The number of halogens is 1. The fourth-order valence-electron chi connectivity index (χ4n) is 3.31. The molecule has 2 heterocycles. The number of thioether (sulfide) groups is 1. The number of hydrogen-bond donors (Lipinski definition) is 1. The largest absolute Gasteiger partial charge is 0.385 e. The molecule has 1 unspecified atom stereocenters. The average Bonchev–Trinajstić information content (AvgIpc) is 3.34. The molecule has 166 valence electrons. The van der Waals surface area contributed by atoms with Gasteiger partial charge in [0, 0.05) is 51.0 Å². The molecule has 0 saturated carbocycles. The minimum absolute atomic E-state index is 0. The van der Waals surface area contributed by atoms with Gasteiger partial charge in [-0.1, -0.05) is 18.2 Å². The molecule has 1 atom stereocenters. The Labute approximate surface area is 201 Å². The smallest absolute Gasteiger partial charge is 0.194 e. The first kappa shape index (κ1) is 24.9.